The van der Waals surface area contributed by atoms with Gasteiger partial charge in [-0.3, -0.25) is 19.8 Å². The number of carbonyl (C=O) groups excluding carboxylic acids is 2. The van der Waals surface area contributed by atoms with Crippen LogP contribution in [0.25, 0.3) is 0 Å². The van der Waals surface area contributed by atoms with Crippen LogP contribution in [0.3, 0.4) is 0 Å². The Balaban J connectivity index is 1.77. The molecule has 1 aliphatic heterocycles. The molecule has 0 aromatic carbocycles. The van der Waals surface area contributed by atoms with E-state index in [9.17, 15) is 9.59 Å². The first-order chi connectivity index (χ1) is 11.9. The molecule has 0 saturated carbocycles. The zero-order valence-corrected chi connectivity index (χ0v) is 15.9. The summed E-state index contributed by atoms with van der Waals surface area (Å²) < 4.78 is 5.61. The van der Waals surface area contributed by atoms with Gasteiger partial charge in [-0.05, 0) is 26.7 Å². The molecule has 1 saturated heterocycles. The van der Waals surface area contributed by atoms with E-state index in [0.29, 0.717) is 27.4 Å². The van der Waals surface area contributed by atoms with Gasteiger partial charge >= 0.3 is 0 Å². The first-order valence-corrected chi connectivity index (χ1v) is 9.56. The standard InChI is InChI=1S/C15H19N5O3S2/c1-8-12(13(22)17-14-19-18-9(2)24-14)25-15(16-8)20(10(3)21)7-11-5-4-6-23-11/h11H,4-7H2,1-3H3,(H,17,19,22). The fourth-order valence-electron chi connectivity index (χ4n) is 2.54. The van der Waals surface area contributed by atoms with Gasteiger partial charge in [-0.2, -0.15) is 0 Å². The smallest absolute Gasteiger partial charge is 0.269 e. The summed E-state index contributed by atoms with van der Waals surface area (Å²) in [5, 5.41) is 12.2. The van der Waals surface area contributed by atoms with Gasteiger partial charge in [0.2, 0.25) is 11.0 Å². The van der Waals surface area contributed by atoms with E-state index >= 15 is 0 Å². The van der Waals surface area contributed by atoms with E-state index in [2.05, 4.69) is 20.5 Å². The maximum atomic E-state index is 12.5. The normalized spacial score (nSPS) is 16.8. The average Bonchev–Trinajstić information content (AvgIpc) is 3.26. The highest BCUT2D eigenvalue weighted by Crippen LogP contribution is 2.28. The van der Waals surface area contributed by atoms with Crippen molar-refractivity contribution >= 4 is 44.8 Å². The largest absolute Gasteiger partial charge is 0.376 e. The van der Waals surface area contributed by atoms with E-state index in [1.54, 1.807) is 11.8 Å². The zero-order chi connectivity index (χ0) is 18.0. The average molecular weight is 381 g/mol. The first-order valence-electron chi connectivity index (χ1n) is 7.92. The van der Waals surface area contributed by atoms with Crippen LogP contribution in [0.5, 0.6) is 0 Å². The summed E-state index contributed by atoms with van der Waals surface area (Å²) in [6.45, 7) is 6.25. The summed E-state index contributed by atoms with van der Waals surface area (Å²) in [6.07, 6.45) is 1.95. The predicted octanol–water partition coefficient (Wildman–Crippen LogP) is 2.40. The molecule has 8 nitrogen and oxygen atoms in total. The van der Waals surface area contributed by atoms with Crippen molar-refractivity contribution in [3.63, 3.8) is 0 Å². The third kappa shape index (κ3) is 4.20. The summed E-state index contributed by atoms with van der Waals surface area (Å²) in [7, 11) is 0. The van der Waals surface area contributed by atoms with Crippen LogP contribution in [0.4, 0.5) is 10.3 Å². The van der Waals surface area contributed by atoms with Crippen LogP contribution in [0.15, 0.2) is 0 Å². The van der Waals surface area contributed by atoms with E-state index < -0.39 is 0 Å². The first kappa shape index (κ1) is 17.9. The molecular weight excluding hydrogens is 362 g/mol. The molecule has 10 heteroatoms. The Kier molecular flexibility index (Phi) is 5.40. The molecule has 2 amide bonds. The van der Waals surface area contributed by atoms with Crippen LogP contribution in [0.1, 0.15) is 40.1 Å². The number of thiazole rings is 1. The minimum atomic E-state index is -0.294. The highest BCUT2D eigenvalue weighted by molar-refractivity contribution is 7.18. The molecule has 0 aliphatic carbocycles. The van der Waals surface area contributed by atoms with Crippen LogP contribution in [-0.4, -0.2) is 46.3 Å². The lowest BCUT2D eigenvalue weighted by Gasteiger charge is -2.21. The zero-order valence-electron chi connectivity index (χ0n) is 14.2. The van der Waals surface area contributed by atoms with Crippen molar-refractivity contribution in [1.82, 2.24) is 15.2 Å². The van der Waals surface area contributed by atoms with Gasteiger partial charge in [0, 0.05) is 13.5 Å². The monoisotopic (exact) mass is 381 g/mol. The molecule has 1 N–H and O–H groups in total. The van der Waals surface area contributed by atoms with Crippen molar-refractivity contribution in [2.45, 2.75) is 39.7 Å². The van der Waals surface area contributed by atoms with Crippen molar-refractivity contribution in [2.24, 2.45) is 0 Å². The second-order valence-corrected chi connectivity index (χ2v) is 7.92. The second-order valence-electron chi connectivity index (χ2n) is 5.76. The Bertz CT molecular complexity index is 782. The third-order valence-electron chi connectivity index (χ3n) is 3.76. The van der Waals surface area contributed by atoms with Crippen molar-refractivity contribution < 1.29 is 14.3 Å². The molecule has 2 aromatic heterocycles. The summed E-state index contributed by atoms with van der Waals surface area (Å²) >= 11 is 2.50. The van der Waals surface area contributed by atoms with Gasteiger partial charge in [0.15, 0.2) is 5.13 Å². The minimum absolute atomic E-state index is 0.0229. The Labute approximate surface area is 153 Å². The molecule has 1 fully saturated rings. The minimum Gasteiger partial charge on any atom is -0.376 e. The predicted molar refractivity (Wildman–Crippen MR) is 96.5 cm³/mol. The second kappa shape index (κ2) is 7.54. The number of nitrogens with zero attached hydrogens (tertiary/aromatic N) is 4. The molecule has 1 unspecified atom stereocenters. The lowest BCUT2D eigenvalue weighted by atomic mass is 10.2. The molecule has 0 spiro atoms. The Morgan fingerprint density at radius 3 is 2.72 bits per heavy atom. The fourth-order valence-corrected chi connectivity index (χ4v) is 4.14. The Hall–Kier alpha value is -1.91. The molecule has 25 heavy (non-hydrogen) atoms. The van der Waals surface area contributed by atoms with E-state index in [1.165, 1.54) is 29.6 Å². The van der Waals surface area contributed by atoms with Gasteiger partial charge < -0.3 is 4.74 Å². The van der Waals surface area contributed by atoms with Crippen LogP contribution < -0.4 is 10.2 Å². The third-order valence-corrected chi connectivity index (χ3v) is 5.69. The fraction of sp³-hybridized carbons (Fsp3) is 0.533. The summed E-state index contributed by atoms with van der Waals surface area (Å²) in [5.74, 6) is -0.408. The van der Waals surface area contributed by atoms with Gasteiger partial charge in [-0.1, -0.05) is 22.7 Å². The van der Waals surface area contributed by atoms with Gasteiger partial charge in [0.1, 0.15) is 9.88 Å². The Morgan fingerprint density at radius 1 is 1.32 bits per heavy atom. The highest BCUT2D eigenvalue weighted by atomic mass is 32.1. The van der Waals surface area contributed by atoms with E-state index in [4.69, 9.17) is 4.74 Å². The molecule has 3 heterocycles. The van der Waals surface area contributed by atoms with Crippen molar-refractivity contribution in [1.29, 1.82) is 0 Å². The van der Waals surface area contributed by atoms with E-state index in [-0.39, 0.29) is 17.9 Å². The lowest BCUT2D eigenvalue weighted by molar-refractivity contribution is -0.116. The van der Waals surface area contributed by atoms with Gasteiger partial charge in [0.25, 0.3) is 5.91 Å². The van der Waals surface area contributed by atoms with Crippen molar-refractivity contribution in [3.05, 3.63) is 15.6 Å². The summed E-state index contributed by atoms with van der Waals surface area (Å²) in [6, 6.07) is 0. The van der Waals surface area contributed by atoms with Crippen LogP contribution >= 0.6 is 22.7 Å². The van der Waals surface area contributed by atoms with Crippen LogP contribution in [0.2, 0.25) is 0 Å². The maximum Gasteiger partial charge on any atom is 0.269 e. The van der Waals surface area contributed by atoms with Gasteiger partial charge in [-0.25, -0.2) is 4.98 Å². The Morgan fingerprint density at radius 2 is 2.12 bits per heavy atom. The number of carbonyl (C=O) groups is 2. The molecule has 2 aromatic rings. The van der Waals surface area contributed by atoms with Crippen molar-refractivity contribution in [3.8, 4) is 0 Å². The van der Waals surface area contributed by atoms with Crippen LogP contribution in [0, 0.1) is 13.8 Å². The molecule has 0 bridgehead atoms. The number of aromatic nitrogens is 3. The van der Waals surface area contributed by atoms with Crippen LogP contribution in [-0.2, 0) is 9.53 Å². The molecule has 0 radical (unpaired) electrons. The molecule has 3 rings (SSSR count). The quantitative estimate of drug-likeness (QED) is 0.854. The molecule has 1 atom stereocenters. The molecule has 134 valence electrons. The number of aryl methyl sites for hydroxylation is 2. The number of hydrogen-bond donors (Lipinski definition) is 1. The number of anilines is 2. The lowest BCUT2D eigenvalue weighted by Crippen LogP contribution is -2.35. The number of ether oxygens (including phenoxy) is 1. The van der Waals surface area contributed by atoms with E-state index in [0.717, 1.165) is 24.5 Å². The van der Waals surface area contributed by atoms with Gasteiger partial charge in [-0.15, -0.1) is 10.2 Å². The maximum absolute atomic E-state index is 12.5. The number of hydrogen-bond acceptors (Lipinski definition) is 8. The molecule has 1 aliphatic rings. The van der Waals surface area contributed by atoms with Crippen molar-refractivity contribution in [2.75, 3.05) is 23.4 Å². The molecular formula is C15H19N5O3S2. The van der Waals surface area contributed by atoms with Gasteiger partial charge in [0.05, 0.1) is 18.3 Å². The van der Waals surface area contributed by atoms with E-state index in [1.807, 2.05) is 6.92 Å². The summed E-state index contributed by atoms with van der Waals surface area (Å²) in [5.41, 5.74) is 0.581. The number of rotatable bonds is 5. The highest BCUT2D eigenvalue weighted by Gasteiger charge is 2.26. The topological polar surface area (TPSA) is 97.3 Å². The number of nitrogens with one attached hydrogen (secondary N) is 1. The number of amides is 2. The summed E-state index contributed by atoms with van der Waals surface area (Å²) in [4.78, 5) is 31.0. The SMILES string of the molecule is CC(=O)N(CC1CCCO1)c1nc(C)c(C(=O)Nc2nnc(C)s2)s1.